The zero-order valence-electron chi connectivity index (χ0n) is 12.1. The third kappa shape index (κ3) is 3.01. The van der Waals surface area contributed by atoms with Crippen molar-refractivity contribution in [1.29, 1.82) is 0 Å². The van der Waals surface area contributed by atoms with Crippen molar-refractivity contribution in [3.8, 4) is 0 Å². The van der Waals surface area contributed by atoms with Crippen LogP contribution in [0.3, 0.4) is 0 Å². The molecule has 1 aromatic carbocycles. The minimum absolute atomic E-state index is 0.181. The van der Waals surface area contributed by atoms with E-state index >= 15 is 0 Å². The van der Waals surface area contributed by atoms with Gasteiger partial charge in [0.05, 0.1) is 0 Å². The highest BCUT2D eigenvalue weighted by Crippen LogP contribution is 2.37. The fourth-order valence-corrected chi connectivity index (χ4v) is 2.65. The molecule has 0 saturated heterocycles. The van der Waals surface area contributed by atoms with Crippen LogP contribution in [0.4, 0.5) is 0 Å². The molecule has 0 fully saturated rings. The minimum Gasteiger partial charge on any atom is -0.480 e. The van der Waals surface area contributed by atoms with Crippen LogP contribution in [0.1, 0.15) is 38.2 Å². The van der Waals surface area contributed by atoms with Gasteiger partial charge in [0.15, 0.2) is 0 Å². The Morgan fingerprint density at radius 3 is 2.35 bits per heavy atom. The van der Waals surface area contributed by atoms with Crippen LogP contribution in [-0.4, -0.2) is 11.1 Å². The van der Waals surface area contributed by atoms with Gasteiger partial charge in [-0.3, -0.25) is 4.79 Å². The fourth-order valence-electron chi connectivity index (χ4n) is 2.65. The summed E-state index contributed by atoms with van der Waals surface area (Å²) in [6.07, 6.45) is 9.45. The van der Waals surface area contributed by atoms with E-state index < -0.39 is 11.4 Å². The minimum atomic E-state index is -0.833. The number of aliphatic carboxylic acids is 1. The molecule has 20 heavy (non-hydrogen) atoms. The van der Waals surface area contributed by atoms with E-state index in [1.807, 2.05) is 42.5 Å². The number of carboxylic acid groups (broad SMARTS) is 1. The van der Waals surface area contributed by atoms with E-state index in [4.69, 9.17) is 0 Å². The molecule has 0 aliphatic heterocycles. The highest BCUT2D eigenvalue weighted by molar-refractivity contribution is 5.80. The maximum absolute atomic E-state index is 11.7. The van der Waals surface area contributed by atoms with Crippen molar-refractivity contribution >= 4 is 5.97 Å². The van der Waals surface area contributed by atoms with Gasteiger partial charge in [-0.15, -0.1) is 0 Å². The summed E-state index contributed by atoms with van der Waals surface area (Å²) in [6.45, 7) is 4.21. The van der Waals surface area contributed by atoms with Crippen LogP contribution in [0.5, 0.6) is 0 Å². The molecule has 0 saturated carbocycles. The molecule has 1 N–H and O–H groups in total. The molecule has 1 aliphatic carbocycles. The number of carbonyl (C=O) groups is 1. The summed E-state index contributed by atoms with van der Waals surface area (Å²) < 4.78 is 0. The van der Waals surface area contributed by atoms with Crippen LogP contribution in [-0.2, 0) is 4.79 Å². The van der Waals surface area contributed by atoms with Crippen LogP contribution in [0.15, 0.2) is 54.6 Å². The Balaban J connectivity index is 2.21. The lowest BCUT2D eigenvalue weighted by atomic mass is 9.74. The molecular weight excluding hydrogens is 248 g/mol. The number of benzene rings is 1. The Labute approximate surface area is 120 Å². The number of allylic oxidation sites excluding steroid dienone is 2. The molecule has 0 aromatic heterocycles. The summed E-state index contributed by atoms with van der Waals surface area (Å²) in [6, 6.07) is 10.2. The predicted molar refractivity (Wildman–Crippen MR) is 81.6 cm³/mol. The lowest BCUT2D eigenvalue weighted by molar-refractivity contribution is -0.144. The average molecular weight is 270 g/mol. The number of hydrogen-bond acceptors (Lipinski definition) is 1. The molecule has 1 unspecified atom stereocenters. The SMILES string of the molecule is CCC(C)CC1(C(=O)O)C=CC(c2ccccc2)C=C1. The first kappa shape index (κ1) is 14.6. The molecule has 0 spiro atoms. The fraction of sp³-hybridized carbons (Fsp3) is 0.389. The van der Waals surface area contributed by atoms with Gasteiger partial charge in [-0.1, -0.05) is 74.9 Å². The smallest absolute Gasteiger partial charge is 0.317 e. The van der Waals surface area contributed by atoms with Gasteiger partial charge in [-0.05, 0) is 17.9 Å². The van der Waals surface area contributed by atoms with Gasteiger partial charge in [-0.2, -0.15) is 0 Å². The van der Waals surface area contributed by atoms with Crippen LogP contribution in [0, 0.1) is 11.3 Å². The van der Waals surface area contributed by atoms with E-state index in [-0.39, 0.29) is 5.92 Å². The molecular formula is C18H22O2. The molecule has 2 rings (SSSR count). The third-order valence-corrected chi connectivity index (χ3v) is 4.17. The molecule has 1 aromatic rings. The summed E-state index contributed by atoms with van der Waals surface area (Å²) in [5.41, 5.74) is 0.364. The van der Waals surface area contributed by atoms with Crippen LogP contribution in [0.25, 0.3) is 0 Å². The number of rotatable bonds is 5. The maximum Gasteiger partial charge on any atom is 0.317 e. The lowest BCUT2D eigenvalue weighted by Crippen LogP contribution is -2.30. The number of hydrogen-bond donors (Lipinski definition) is 1. The van der Waals surface area contributed by atoms with Gasteiger partial charge in [0, 0.05) is 5.92 Å². The monoisotopic (exact) mass is 270 g/mol. The summed E-state index contributed by atoms with van der Waals surface area (Å²) in [4.78, 5) is 11.7. The van der Waals surface area contributed by atoms with E-state index in [0.29, 0.717) is 12.3 Å². The largest absolute Gasteiger partial charge is 0.480 e. The lowest BCUT2D eigenvalue weighted by Gasteiger charge is -2.29. The summed E-state index contributed by atoms with van der Waals surface area (Å²) in [7, 11) is 0. The highest BCUT2D eigenvalue weighted by Gasteiger charge is 2.36. The van der Waals surface area contributed by atoms with Crippen molar-refractivity contribution < 1.29 is 9.90 Å². The Morgan fingerprint density at radius 2 is 1.85 bits per heavy atom. The quantitative estimate of drug-likeness (QED) is 0.805. The zero-order valence-corrected chi connectivity index (χ0v) is 12.1. The second-order valence-corrected chi connectivity index (χ2v) is 5.72. The van der Waals surface area contributed by atoms with Gasteiger partial charge in [0.2, 0.25) is 0 Å². The molecule has 0 bridgehead atoms. The van der Waals surface area contributed by atoms with Crippen molar-refractivity contribution in [2.24, 2.45) is 11.3 Å². The van der Waals surface area contributed by atoms with E-state index in [9.17, 15) is 9.90 Å². The second kappa shape index (κ2) is 6.08. The highest BCUT2D eigenvalue weighted by atomic mass is 16.4. The maximum atomic E-state index is 11.7. The van der Waals surface area contributed by atoms with E-state index in [0.717, 1.165) is 6.42 Å². The summed E-state index contributed by atoms with van der Waals surface area (Å²) in [5.74, 6) is -0.175. The van der Waals surface area contributed by atoms with Crippen molar-refractivity contribution in [2.75, 3.05) is 0 Å². The van der Waals surface area contributed by atoms with E-state index in [1.54, 1.807) is 0 Å². The Kier molecular flexibility index (Phi) is 4.43. The molecule has 0 radical (unpaired) electrons. The first-order valence-corrected chi connectivity index (χ1v) is 7.24. The summed E-state index contributed by atoms with van der Waals surface area (Å²) in [5, 5.41) is 9.59. The van der Waals surface area contributed by atoms with Gasteiger partial charge in [0.25, 0.3) is 0 Å². The first-order valence-electron chi connectivity index (χ1n) is 7.24. The Morgan fingerprint density at radius 1 is 1.25 bits per heavy atom. The normalized spacial score (nSPS) is 26.4. The predicted octanol–water partition coefficient (Wildman–Crippen LogP) is 4.40. The molecule has 0 heterocycles. The van der Waals surface area contributed by atoms with Crippen molar-refractivity contribution in [2.45, 2.75) is 32.6 Å². The van der Waals surface area contributed by atoms with E-state index in [2.05, 4.69) is 26.0 Å². The molecule has 106 valence electrons. The van der Waals surface area contributed by atoms with Crippen molar-refractivity contribution in [3.63, 3.8) is 0 Å². The van der Waals surface area contributed by atoms with Crippen LogP contribution < -0.4 is 0 Å². The Hall–Kier alpha value is -1.83. The molecule has 1 atom stereocenters. The van der Waals surface area contributed by atoms with Crippen LogP contribution in [0.2, 0.25) is 0 Å². The molecule has 1 aliphatic rings. The van der Waals surface area contributed by atoms with Crippen molar-refractivity contribution in [1.82, 2.24) is 0 Å². The third-order valence-electron chi connectivity index (χ3n) is 4.17. The van der Waals surface area contributed by atoms with Gasteiger partial charge < -0.3 is 5.11 Å². The average Bonchev–Trinajstić information content (AvgIpc) is 2.48. The van der Waals surface area contributed by atoms with Gasteiger partial charge in [-0.25, -0.2) is 0 Å². The molecule has 0 amide bonds. The van der Waals surface area contributed by atoms with E-state index in [1.165, 1.54) is 5.56 Å². The topological polar surface area (TPSA) is 37.3 Å². The number of carboxylic acids is 1. The standard InChI is InChI=1S/C18H22O2/c1-3-14(2)13-18(17(19)20)11-9-16(10-12-18)15-7-5-4-6-8-15/h4-12,14,16H,3,13H2,1-2H3,(H,19,20). The second-order valence-electron chi connectivity index (χ2n) is 5.72. The molecule has 2 heteroatoms. The van der Waals surface area contributed by atoms with Crippen LogP contribution >= 0.6 is 0 Å². The Bertz CT molecular complexity index is 499. The summed E-state index contributed by atoms with van der Waals surface area (Å²) >= 11 is 0. The van der Waals surface area contributed by atoms with Crippen molar-refractivity contribution in [3.05, 3.63) is 60.2 Å². The zero-order chi connectivity index (χ0) is 14.6. The van der Waals surface area contributed by atoms with Gasteiger partial charge in [0.1, 0.15) is 5.41 Å². The molecule has 2 nitrogen and oxygen atoms in total. The first-order chi connectivity index (χ1) is 9.57. The van der Waals surface area contributed by atoms with Gasteiger partial charge >= 0.3 is 5.97 Å².